The summed E-state index contributed by atoms with van der Waals surface area (Å²) >= 11 is 1.92. The Labute approximate surface area is 106 Å². The molecule has 1 N–H and O–H groups in total. The maximum Gasteiger partial charge on any atom is 0.0387 e. The lowest BCUT2D eigenvalue weighted by atomic mass is 9.99. The van der Waals surface area contributed by atoms with Gasteiger partial charge >= 0.3 is 0 Å². The van der Waals surface area contributed by atoms with Gasteiger partial charge in [0.2, 0.25) is 0 Å². The van der Waals surface area contributed by atoms with Gasteiger partial charge in [-0.2, -0.15) is 0 Å². The van der Waals surface area contributed by atoms with Crippen LogP contribution in [0.5, 0.6) is 0 Å². The molecule has 0 radical (unpaired) electrons. The van der Waals surface area contributed by atoms with Crippen LogP contribution >= 0.6 is 11.8 Å². The van der Waals surface area contributed by atoms with Crippen molar-refractivity contribution in [2.45, 2.75) is 6.92 Å². The van der Waals surface area contributed by atoms with E-state index in [0.717, 1.165) is 12.3 Å². The zero-order valence-electron chi connectivity index (χ0n) is 9.86. The number of allylic oxidation sites excluding steroid dienone is 3. The number of hydrogen-bond donors (Lipinski definition) is 1. The predicted molar refractivity (Wildman–Crippen MR) is 76.6 cm³/mol. The molecule has 1 aromatic carbocycles. The second kappa shape index (κ2) is 4.46. The van der Waals surface area contributed by atoms with Crippen molar-refractivity contribution >= 4 is 23.4 Å². The van der Waals surface area contributed by atoms with E-state index in [9.17, 15) is 0 Å². The maximum atomic E-state index is 3.50. The summed E-state index contributed by atoms with van der Waals surface area (Å²) in [6, 6.07) is 8.62. The van der Waals surface area contributed by atoms with Gasteiger partial charge in [-0.3, -0.25) is 0 Å². The Morgan fingerprint density at radius 1 is 1.29 bits per heavy atom. The summed E-state index contributed by atoms with van der Waals surface area (Å²) in [6.07, 6.45) is 6.57. The molecule has 86 valence electrons. The topological polar surface area (TPSA) is 12.0 Å². The van der Waals surface area contributed by atoms with E-state index < -0.39 is 0 Å². The first-order valence-electron chi connectivity index (χ1n) is 5.98. The van der Waals surface area contributed by atoms with Crippen LogP contribution in [0.25, 0.3) is 11.6 Å². The van der Waals surface area contributed by atoms with Crippen molar-refractivity contribution in [1.82, 2.24) is 5.32 Å². The molecule has 0 amide bonds. The fourth-order valence-electron chi connectivity index (χ4n) is 2.33. The van der Waals surface area contributed by atoms with Crippen molar-refractivity contribution in [3.05, 3.63) is 58.1 Å². The highest BCUT2D eigenvalue weighted by atomic mass is 32.2. The highest BCUT2D eigenvalue weighted by molar-refractivity contribution is 8.04. The highest BCUT2D eigenvalue weighted by Gasteiger charge is 2.23. The summed E-state index contributed by atoms with van der Waals surface area (Å²) in [5, 5.41) is 3.50. The van der Waals surface area contributed by atoms with Crippen LogP contribution in [-0.4, -0.2) is 12.3 Å². The largest absolute Gasteiger partial charge is 0.387 e. The van der Waals surface area contributed by atoms with Crippen molar-refractivity contribution in [2.75, 3.05) is 12.3 Å². The third-order valence-electron chi connectivity index (χ3n) is 3.06. The van der Waals surface area contributed by atoms with Crippen molar-refractivity contribution in [3.63, 3.8) is 0 Å². The van der Waals surface area contributed by atoms with Gasteiger partial charge in [0.15, 0.2) is 0 Å². The fraction of sp³-hybridized carbons (Fsp3) is 0.200. The molecule has 0 saturated heterocycles. The molecule has 3 rings (SSSR count). The molecule has 1 aliphatic carbocycles. The van der Waals surface area contributed by atoms with E-state index in [0.29, 0.717) is 0 Å². The summed E-state index contributed by atoms with van der Waals surface area (Å²) in [4.78, 5) is 1.39. The van der Waals surface area contributed by atoms with Gasteiger partial charge in [0.1, 0.15) is 0 Å². The fourth-order valence-corrected chi connectivity index (χ4v) is 3.43. The third-order valence-corrected chi connectivity index (χ3v) is 4.15. The van der Waals surface area contributed by atoms with Crippen molar-refractivity contribution in [3.8, 4) is 0 Å². The first-order chi connectivity index (χ1) is 8.40. The van der Waals surface area contributed by atoms with Crippen LogP contribution in [0.2, 0.25) is 0 Å². The Balaban J connectivity index is 2.19. The quantitative estimate of drug-likeness (QED) is 0.848. The summed E-state index contributed by atoms with van der Waals surface area (Å²) in [5.41, 5.74) is 5.44. The van der Waals surface area contributed by atoms with Crippen molar-refractivity contribution < 1.29 is 0 Å². The molecule has 1 aliphatic heterocycles. The van der Waals surface area contributed by atoms with Gasteiger partial charge < -0.3 is 5.32 Å². The lowest BCUT2D eigenvalue weighted by molar-refractivity contribution is 0.864. The van der Waals surface area contributed by atoms with Crippen LogP contribution in [0.4, 0.5) is 0 Å². The smallest absolute Gasteiger partial charge is 0.0387 e. The molecule has 0 atom stereocenters. The predicted octanol–water partition coefficient (Wildman–Crippen LogP) is 3.66. The summed E-state index contributed by atoms with van der Waals surface area (Å²) in [6.45, 7) is 3.14. The lowest BCUT2D eigenvalue weighted by Crippen LogP contribution is -2.13. The van der Waals surface area contributed by atoms with Crippen LogP contribution in [-0.2, 0) is 0 Å². The van der Waals surface area contributed by atoms with Gasteiger partial charge in [0.25, 0.3) is 0 Å². The van der Waals surface area contributed by atoms with Crippen molar-refractivity contribution in [2.24, 2.45) is 0 Å². The van der Waals surface area contributed by atoms with E-state index >= 15 is 0 Å². The Hall–Kier alpha value is -1.41. The van der Waals surface area contributed by atoms with E-state index in [-0.39, 0.29) is 0 Å². The van der Waals surface area contributed by atoms with Gasteiger partial charge in [-0.15, -0.1) is 11.8 Å². The van der Waals surface area contributed by atoms with Gasteiger partial charge in [0, 0.05) is 28.5 Å². The molecule has 1 aromatic rings. The SMILES string of the molecule is CCNC1=C2C(=CC=Cc3ccccc32)SC1. The van der Waals surface area contributed by atoms with Gasteiger partial charge in [0.05, 0.1) is 0 Å². The molecular weight excluding hydrogens is 226 g/mol. The highest BCUT2D eigenvalue weighted by Crippen LogP contribution is 2.43. The molecule has 1 heterocycles. The van der Waals surface area contributed by atoms with Crippen LogP contribution in [0.1, 0.15) is 18.1 Å². The van der Waals surface area contributed by atoms with Crippen LogP contribution in [0.15, 0.2) is 47.0 Å². The van der Waals surface area contributed by atoms with E-state index in [2.05, 4.69) is 54.7 Å². The zero-order chi connectivity index (χ0) is 11.7. The number of benzene rings is 1. The lowest BCUT2D eigenvalue weighted by Gasteiger charge is -2.10. The average molecular weight is 241 g/mol. The zero-order valence-corrected chi connectivity index (χ0v) is 10.7. The molecular formula is C15H15NS. The molecule has 0 spiro atoms. The molecule has 2 heteroatoms. The van der Waals surface area contributed by atoms with Gasteiger partial charge in [-0.25, -0.2) is 0 Å². The van der Waals surface area contributed by atoms with E-state index in [1.807, 2.05) is 11.8 Å². The van der Waals surface area contributed by atoms with Gasteiger partial charge in [-0.05, 0) is 24.1 Å². The second-order valence-electron chi connectivity index (χ2n) is 4.15. The summed E-state index contributed by atoms with van der Waals surface area (Å²) in [7, 11) is 0. The second-order valence-corrected chi connectivity index (χ2v) is 5.17. The minimum atomic E-state index is 0.988. The molecule has 0 saturated carbocycles. The van der Waals surface area contributed by atoms with E-state index in [1.165, 1.54) is 27.3 Å². The summed E-state index contributed by atoms with van der Waals surface area (Å²) < 4.78 is 0. The molecule has 0 unspecified atom stereocenters. The van der Waals surface area contributed by atoms with Crippen LogP contribution in [0.3, 0.4) is 0 Å². The minimum Gasteiger partial charge on any atom is -0.387 e. The molecule has 0 fully saturated rings. The first-order valence-corrected chi connectivity index (χ1v) is 6.96. The average Bonchev–Trinajstić information content (AvgIpc) is 2.65. The first kappa shape index (κ1) is 10.7. The minimum absolute atomic E-state index is 0.988. The number of fused-ring (bicyclic) bond motifs is 3. The third kappa shape index (κ3) is 1.83. The monoisotopic (exact) mass is 241 g/mol. The molecule has 2 aliphatic rings. The number of rotatable bonds is 2. The summed E-state index contributed by atoms with van der Waals surface area (Å²) in [5.74, 6) is 1.07. The maximum absolute atomic E-state index is 3.50. The van der Waals surface area contributed by atoms with Crippen molar-refractivity contribution in [1.29, 1.82) is 0 Å². The van der Waals surface area contributed by atoms with Crippen LogP contribution < -0.4 is 5.32 Å². The molecule has 17 heavy (non-hydrogen) atoms. The molecule has 0 aromatic heterocycles. The van der Waals surface area contributed by atoms with E-state index in [4.69, 9.17) is 0 Å². The normalized spacial score (nSPS) is 17.4. The Bertz CT molecular complexity index is 538. The Morgan fingerprint density at radius 2 is 2.18 bits per heavy atom. The van der Waals surface area contributed by atoms with Crippen LogP contribution in [0, 0.1) is 0 Å². The Morgan fingerprint density at radius 3 is 3.06 bits per heavy atom. The molecule has 0 bridgehead atoms. The number of nitrogens with one attached hydrogen (secondary N) is 1. The number of thioether (sulfide) groups is 1. The van der Waals surface area contributed by atoms with Gasteiger partial charge in [-0.1, -0.05) is 36.4 Å². The molecule has 1 nitrogen and oxygen atoms in total. The Kier molecular flexibility index (Phi) is 2.81. The number of hydrogen-bond acceptors (Lipinski definition) is 2. The standard InChI is InChI=1S/C15H15NS/c1-2-16-13-10-17-14-9-5-7-11-6-3-4-8-12(11)15(13)14/h3-9,16H,2,10H2,1H3. The van der Waals surface area contributed by atoms with E-state index in [1.54, 1.807) is 0 Å².